The zero-order chi connectivity index (χ0) is 15.5. The Balaban J connectivity index is 3.11. The van der Waals surface area contributed by atoms with Crippen molar-refractivity contribution < 1.29 is 18.3 Å². The number of hydrogen-bond donors (Lipinski definition) is 2. The molecule has 0 amide bonds. The number of aliphatic hydroxyl groups is 1. The first-order chi connectivity index (χ1) is 9.20. The Hall–Kier alpha value is -0.860. The average Bonchev–Trinajstić information content (AvgIpc) is 2.33. The molecule has 6 nitrogen and oxygen atoms in total. The molecule has 3 N–H and O–H groups in total. The molecule has 0 heterocycles. The van der Waals surface area contributed by atoms with Gasteiger partial charge in [0.2, 0.25) is 10.0 Å². The van der Waals surface area contributed by atoms with Gasteiger partial charge in [0.15, 0.2) is 0 Å². The Bertz CT molecular complexity index is 577. The molecule has 0 saturated heterocycles. The number of ether oxygens (including phenoxy) is 1. The smallest absolute Gasteiger partial charge is 0.243 e. The number of nitrogens with two attached hydrogens (primary N) is 1. The van der Waals surface area contributed by atoms with E-state index in [1.54, 1.807) is 6.92 Å². The van der Waals surface area contributed by atoms with Crippen LogP contribution in [-0.2, 0) is 14.8 Å². The predicted octanol–water partition coefficient (Wildman–Crippen LogP) is 0.858. The van der Waals surface area contributed by atoms with Crippen LogP contribution in [0.1, 0.15) is 5.56 Å². The second-order valence-electron chi connectivity index (χ2n) is 4.51. The Morgan fingerprint density at radius 2 is 2.10 bits per heavy atom. The van der Waals surface area contributed by atoms with E-state index in [1.807, 2.05) is 0 Å². The van der Waals surface area contributed by atoms with Crippen molar-refractivity contribution in [1.29, 1.82) is 0 Å². The van der Waals surface area contributed by atoms with Crippen molar-refractivity contribution in [3.05, 3.63) is 22.7 Å². The Labute approximate surface area is 124 Å². The van der Waals surface area contributed by atoms with Crippen molar-refractivity contribution in [1.82, 2.24) is 4.31 Å². The number of methoxy groups -OCH3 is 1. The fraction of sp³-hybridized carbons (Fsp3) is 0.500. The SMILES string of the molecule is COCC(O)CN(C)S(=O)(=O)c1cc(Cl)cc(N)c1C. The van der Waals surface area contributed by atoms with E-state index in [2.05, 4.69) is 0 Å². The van der Waals surface area contributed by atoms with Crippen LogP contribution >= 0.6 is 11.6 Å². The summed E-state index contributed by atoms with van der Waals surface area (Å²) in [6.07, 6.45) is -0.906. The van der Waals surface area contributed by atoms with Gasteiger partial charge in [-0.1, -0.05) is 11.6 Å². The third kappa shape index (κ3) is 3.83. The summed E-state index contributed by atoms with van der Waals surface area (Å²) in [6.45, 7) is 1.58. The summed E-state index contributed by atoms with van der Waals surface area (Å²) < 4.78 is 30.7. The molecule has 114 valence electrons. The molecule has 0 fully saturated rings. The average molecular weight is 323 g/mol. The molecule has 1 aromatic rings. The normalized spacial score (nSPS) is 13.7. The summed E-state index contributed by atoms with van der Waals surface area (Å²) in [6, 6.07) is 2.84. The van der Waals surface area contributed by atoms with Gasteiger partial charge in [0, 0.05) is 31.4 Å². The summed E-state index contributed by atoms with van der Waals surface area (Å²) in [7, 11) is -0.965. The lowest BCUT2D eigenvalue weighted by Gasteiger charge is -2.21. The predicted molar refractivity (Wildman–Crippen MR) is 78.3 cm³/mol. The molecular weight excluding hydrogens is 304 g/mol. The third-order valence-corrected chi connectivity index (χ3v) is 5.05. The minimum atomic E-state index is -3.77. The van der Waals surface area contributed by atoms with E-state index < -0.39 is 16.1 Å². The Kier molecular flexibility index (Phi) is 5.79. The molecule has 0 aliphatic carbocycles. The number of nitrogen functional groups attached to an aromatic ring is 1. The highest BCUT2D eigenvalue weighted by Gasteiger charge is 2.26. The minimum Gasteiger partial charge on any atom is -0.398 e. The highest BCUT2D eigenvalue weighted by atomic mass is 35.5. The second kappa shape index (κ2) is 6.73. The van der Waals surface area contributed by atoms with Gasteiger partial charge in [0.1, 0.15) is 0 Å². The summed E-state index contributed by atoms with van der Waals surface area (Å²) in [5, 5.41) is 9.87. The first-order valence-electron chi connectivity index (χ1n) is 5.89. The monoisotopic (exact) mass is 322 g/mol. The maximum atomic E-state index is 12.5. The summed E-state index contributed by atoms with van der Waals surface area (Å²) >= 11 is 5.86. The van der Waals surface area contributed by atoms with Crippen LogP contribution in [0.2, 0.25) is 5.02 Å². The van der Waals surface area contributed by atoms with E-state index in [4.69, 9.17) is 22.1 Å². The van der Waals surface area contributed by atoms with Crippen LogP contribution in [-0.4, -0.2) is 51.2 Å². The van der Waals surface area contributed by atoms with E-state index in [1.165, 1.54) is 26.3 Å². The molecule has 0 aliphatic heterocycles. The molecule has 20 heavy (non-hydrogen) atoms. The second-order valence-corrected chi connectivity index (χ2v) is 6.96. The molecule has 1 atom stereocenters. The van der Waals surface area contributed by atoms with E-state index in [0.717, 1.165) is 4.31 Å². The maximum Gasteiger partial charge on any atom is 0.243 e. The molecule has 1 aromatic carbocycles. The van der Waals surface area contributed by atoms with Crippen molar-refractivity contribution in [3.8, 4) is 0 Å². The van der Waals surface area contributed by atoms with E-state index in [9.17, 15) is 13.5 Å². The number of rotatable bonds is 6. The van der Waals surface area contributed by atoms with Gasteiger partial charge in [-0.15, -0.1) is 0 Å². The van der Waals surface area contributed by atoms with Crippen molar-refractivity contribution in [2.45, 2.75) is 17.9 Å². The fourth-order valence-corrected chi connectivity index (χ4v) is 3.53. The number of halogens is 1. The molecule has 1 unspecified atom stereocenters. The summed E-state index contributed by atoms with van der Waals surface area (Å²) in [4.78, 5) is 0.0367. The van der Waals surface area contributed by atoms with E-state index in [0.29, 0.717) is 11.3 Å². The summed E-state index contributed by atoms with van der Waals surface area (Å²) in [5.41, 5.74) is 6.47. The van der Waals surface area contributed by atoms with Gasteiger partial charge in [0.25, 0.3) is 0 Å². The first kappa shape index (κ1) is 17.2. The number of aliphatic hydroxyl groups excluding tert-OH is 1. The van der Waals surface area contributed by atoms with Gasteiger partial charge in [-0.2, -0.15) is 4.31 Å². The quantitative estimate of drug-likeness (QED) is 0.758. The van der Waals surface area contributed by atoms with Crippen LogP contribution in [0, 0.1) is 6.92 Å². The summed E-state index contributed by atoms with van der Waals surface area (Å²) in [5.74, 6) is 0. The lowest BCUT2D eigenvalue weighted by molar-refractivity contribution is 0.0554. The molecule has 8 heteroatoms. The van der Waals surface area contributed by atoms with Gasteiger partial charge >= 0.3 is 0 Å². The van der Waals surface area contributed by atoms with Gasteiger partial charge < -0.3 is 15.6 Å². The standard InChI is InChI=1S/C12H19ClN2O4S/c1-8-11(14)4-9(13)5-12(8)20(17,18)15(2)6-10(16)7-19-3/h4-5,10,16H,6-7,14H2,1-3H3. The fourth-order valence-electron chi connectivity index (χ4n) is 1.75. The zero-order valence-electron chi connectivity index (χ0n) is 11.6. The van der Waals surface area contributed by atoms with Crippen LogP contribution in [0.25, 0.3) is 0 Å². The highest BCUT2D eigenvalue weighted by molar-refractivity contribution is 7.89. The van der Waals surface area contributed by atoms with Gasteiger partial charge in [-0.3, -0.25) is 0 Å². The third-order valence-electron chi connectivity index (χ3n) is 2.88. The molecule has 0 spiro atoms. The molecular formula is C12H19ClN2O4S. The molecule has 0 radical (unpaired) electrons. The van der Waals surface area contributed by atoms with Crippen LogP contribution in [0.3, 0.4) is 0 Å². The van der Waals surface area contributed by atoms with Crippen molar-refractivity contribution in [3.63, 3.8) is 0 Å². The number of benzene rings is 1. The van der Waals surface area contributed by atoms with Crippen molar-refractivity contribution in [2.24, 2.45) is 0 Å². The lowest BCUT2D eigenvalue weighted by atomic mass is 10.2. The molecule has 0 aliphatic rings. The van der Waals surface area contributed by atoms with Gasteiger partial charge in [-0.25, -0.2) is 8.42 Å². The van der Waals surface area contributed by atoms with E-state index >= 15 is 0 Å². The largest absolute Gasteiger partial charge is 0.398 e. The minimum absolute atomic E-state index is 0.0367. The lowest BCUT2D eigenvalue weighted by Crippen LogP contribution is -2.36. The number of sulfonamides is 1. The maximum absolute atomic E-state index is 12.5. The van der Waals surface area contributed by atoms with Crippen LogP contribution in [0.15, 0.2) is 17.0 Å². The molecule has 0 saturated carbocycles. The van der Waals surface area contributed by atoms with Gasteiger partial charge in [-0.05, 0) is 24.6 Å². The van der Waals surface area contributed by atoms with Gasteiger partial charge in [0.05, 0.1) is 17.6 Å². The number of likely N-dealkylation sites (N-methyl/N-ethyl adjacent to an activating group) is 1. The zero-order valence-corrected chi connectivity index (χ0v) is 13.2. The Morgan fingerprint density at radius 3 is 2.65 bits per heavy atom. The number of nitrogens with zero attached hydrogens (tertiary/aromatic N) is 1. The molecule has 0 aromatic heterocycles. The van der Waals surface area contributed by atoms with Crippen molar-refractivity contribution >= 4 is 27.3 Å². The van der Waals surface area contributed by atoms with Crippen LogP contribution in [0.4, 0.5) is 5.69 Å². The van der Waals surface area contributed by atoms with Crippen LogP contribution < -0.4 is 5.73 Å². The number of hydrogen-bond acceptors (Lipinski definition) is 5. The first-order valence-corrected chi connectivity index (χ1v) is 7.71. The van der Waals surface area contributed by atoms with E-state index in [-0.39, 0.29) is 23.1 Å². The van der Waals surface area contributed by atoms with Crippen LogP contribution in [0.5, 0.6) is 0 Å². The topological polar surface area (TPSA) is 92.9 Å². The molecule has 0 bridgehead atoms. The number of anilines is 1. The van der Waals surface area contributed by atoms with Crippen molar-refractivity contribution in [2.75, 3.05) is 33.0 Å². The highest BCUT2D eigenvalue weighted by Crippen LogP contribution is 2.27. The Morgan fingerprint density at radius 1 is 1.50 bits per heavy atom. The molecule has 1 rings (SSSR count).